The molecular formula is C17H20N4O4S. The van der Waals surface area contributed by atoms with Gasteiger partial charge in [0.15, 0.2) is 0 Å². The zero-order chi connectivity index (χ0) is 18.5. The minimum absolute atomic E-state index is 0.0316. The Bertz CT molecular complexity index is 939. The van der Waals surface area contributed by atoms with Crippen molar-refractivity contribution < 1.29 is 17.4 Å². The minimum atomic E-state index is -3.89. The minimum Gasteiger partial charge on any atom is -0.382 e. The molecule has 1 aromatic heterocycles. The molecule has 2 aliphatic carbocycles. The lowest BCUT2D eigenvalue weighted by Gasteiger charge is -2.25. The lowest BCUT2D eigenvalue weighted by Crippen LogP contribution is -2.31. The highest BCUT2D eigenvalue weighted by atomic mass is 32.2. The summed E-state index contributed by atoms with van der Waals surface area (Å²) in [5, 5.41) is 10.9. The highest BCUT2D eigenvalue weighted by Crippen LogP contribution is 2.58. The van der Waals surface area contributed by atoms with E-state index in [0.29, 0.717) is 5.69 Å². The highest BCUT2D eigenvalue weighted by molar-refractivity contribution is 7.87. The van der Waals surface area contributed by atoms with Gasteiger partial charge in [-0.15, -0.1) is 5.10 Å². The lowest BCUT2D eigenvalue weighted by molar-refractivity contribution is -0.125. The molecule has 138 valence electrons. The van der Waals surface area contributed by atoms with Crippen molar-refractivity contribution in [3.63, 3.8) is 0 Å². The molecule has 0 aliphatic heterocycles. The van der Waals surface area contributed by atoms with E-state index in [9.17, 15) is 13.2 Å². The van der Waals surface area contributed by atoms with Gasteiger partial charge in [0.2, 0.25) is 0 Å². The Morgan fingerprint density at radius 3 is 2.77 bits per heavy atom. The number of hydrogen-bond donors (Lipinski definition) is 0. The number of tetrazole rings is 1. The number of hydrogen-bond acceptors (Lipinski definition) is 7. The first kappa shape index (κ1) is 17.1. The van der Waals surface area contributed by atoms with Crippen molar-refractivity contribution >= 4 is 15.9 Å². The van der Waals surface area contributed by atoms with Crippen molar-refractivity contribution in [2.75, 3.05) is 5.75 Å². The first-order valence-electron chi connectivity index (χ1n) is 8.57. The average molecular weight is 376 g/mol. The average Bonchev–Trinajstić information content (AvgIpc) is 3.23. The number of nitrogens with zero attached hydrogens (tertiary/aromatic N) is 4. The second kappa shape index (κ2) is 5.87. The van der Waals surface area contributed by atoms with Crippen LogP contribution in [0.2, 0.25) is 0 Å². The summed E-state index contributed by atoms with van der Waals surface area (Å²) >= 11 is 0. The van der Waals surface area contributed by atoms with Crippen molar-refractivity contribution in [3.8, 4) is 11.4 Å². The standard InChI is InChI=1S/C17H20N4O4S/c1-17(2)14-6-7-15(17)16(22)13(14)9-26(23,24)25-12-5-3-4-11(8-12)21-10-18-19-20-21/h3-5,8,10,13-15H,6-7,9H2,1-2H3/t13-,14+,15-/m1/s1. The predicted molar refractivity (Wildman–Crippen MR) is 92.1 cm³/mol. The molecule has 2 fully saturated rings. The van der Waals surface area contributed by atoms with Crippen LogP contribution in [0.5, 0.6) is 5.75 Å². The van der Waals surface area contributed by atoms with Gasteiger partial charge in [0.05, 0.1) is 11.4 Å². The maximum Gasteiger partial charge on any atom is 0.309 e. The van der Waals surface area contributed by atoms with Gasteiger partial charge in [0, 0.05) is 17.9 Å². The number of ketones is 1. The summed E-state index contributed by atoms with van der Waals surface area (Å²) in [4.78, 5) is 12.6. The number of aromatic nitrogens is 4. The molecule has 0 radical (unpaired) electrons. The summed E-state index contributed by atoms with van der Waals surface area (Å²) < 4.78 is 31.8. The van der Waals surface area contributed by atoms with E-state index >= 15 is 0 Å². The van der Waals surface area contributed by atoms with Gasteiger partial charge in [-0.05, 0) is 46.7 Å². The Morgan fingerprint density at radius 2 is 2.12 bits per heavy atom. The van der Waals surface area contributed by atoms with Crippen LogP contribution in [0, 0.1) is 23.2 Å². The molecular weight excluding hydrogens is 356 g/mol. The van der Waals surface area contributed by atoms with Gasteiger partial charge in [-0.25, -0.2) is 4.68 Å². The zero-order valence-corrected chi connectivity index (χ0v) is 15.4. The number of fused-ring (bicyclic) bond motifs is 2. The molecule has 0 spiro atoms. The Labute approximate surface area is 151 Å². The molecule has 8 nitrogen and oxygen atoms in total. The molecule has 2 aromatic rings. The third-order valence-corrected chi connectivity index (χ3v) is 7.07. The van der Waals surface area contributed by atoms with Crippen LogP contribution in [0.4, 0.5) is 0 Å². The molecule has 0 unspecified atom stereocenters. The highest BCUT2D eigenvalue weighted by Gasteiger charge is 2.59. The summed E-state index contributed by atoms with van der Waals surface area (Å²) in [5.41, 5.74) is 0.455. The van der Waals surface area contributed by atoms with Crippen LogP contribution in [-0.2, 0) is 14.9 Å². The molecule has 1 heterocycles. The summed E-state index contributed by atoms with van der Waals surface area (Å²) in [7, 11) is -3.89. The van der Waals surface area contributed by atoms with Gasteiger partial charge >= 0.3 is 10.1 Å². The topological polar surface area (TPSA) is 104 Å². The Hall–Kier alpha value is -2.29. The summed E-state index contributed by atoms with van der Waals surface area (Å²) in [6.45, 7) is 4.13. The third-order valence-electron chi connectivity index (χ3n) is 5.85. The number of benzene rings is 1. The van der Waals surface area contributed by atoms with E-state index in [2.05, 4.69) is 29.4 Å². The number of rotatable bonds is 5. The van der Waals surface area contributed by atoms with Crippen LogP contribution in [0.25, 0.3) is 5.69 Å². The van der Waals surface area contributed by atoms with E-state index in [1.54, 1.807) is 24.3 Å². The van der Waals surface area contributed by atoms with Crippen molar-refractivity contribution in [2.24, 2.45) is 23.2 Å². The normalized spacial score (nSPS) is 27.0. The number of carbonyl (C=O) groups excluding carboxylic acids is 1. The quantitative estimate of drug-likeness (QED) is 0.730. The second-order valence-electron chi connectivity index (χ2n) is 7.63. The Kier molecular flexibility index (Phi) is 3.87. The molecule has 0 saturated heterocycles. The second-order valence-corrected chi connectivity index (χ2v) is 9.24. The first-order valence-corrected chi connectivity index (χ1v) is 10.1. The van der Waals surface area contributed by atoms with Crippen LogP contribution >= 0.6 is 0 Å². The Morgan fingerprint density at radius 1 is 1.31 bits per heavy atom. The Balaban J connectivity index is 1.52. The monoisotopic (exact) mass is 376 g/mol. The molecule has 0 N–H and O–H groups in total. The number of carbonyl (C=O) groups is 1. The van der Waals surface area contributed by atoms with Gasteiger partial charge in [0.25, 0.3) is 0 Å². The fourth-order valence-corrected chi connectivity index (χ4v) is 5.89. The molecule has 26 heavy (non-hydrogen) atoms. The smallest absolute Gasteiger partial charge is 0.309 e. The fraction of sp³-hybridized carbons (Fsp3) is 0.529. The van der Waals surface area contributed by atoms with E-state index in [1.165, 1.54) is 11.0 Å². The third kappa shape index (κ3) is 2.80. The lowest BCUT2D eigenvalue weighted by atomic mass is 9.80. The maximum atomic E-state index is 12.6. The maximum absolute atomic E-state index is 12.6. The van der Waals surface area contributed by atoms with E-state index < -0.39 is 16.0 Å². The fourth-order valence-electron chi connectivity index (χ4n) is 4.59. The van der Waals surface area contributed by atoms with Crippen LogP contribution < -0.4 is 4.18 Å². The van der Waals surface area contributed by atoms with E-state index in [1.807, 2.05) is 0 Å². The largest absolute Gasteiger partial charge is 0.382 e. The van der Waals surface area contributed by atoms with E-state index in [4.69, 9.17) is 4.18 Å². The molecule has 3 atom stereocenters. The van der Waals surface area contributed by atoms with Crippen LogP contribution in [0.15, 0.2) is 30.6 Å². The summed E-state index contributed by atoms with van der Waals surface area (Å²) in [5.74, 6) is -0.433. The van der Waals surface area contributed by atoms with E-state index in [-0.39, 0.29) is 34.5 Å². The molecule has 1 aromatic carbocycles. The van der Waals surface area contributed by atoms with Crippen LogP contribution in [-0.4, -0.2) is 40.2 Å². The molecule has 0 amide bonds. The van der Waals surface area contributed by atoms with Crippen molar-refractivity contribution in [1.29, 1.82) is 0 Å². The van der Waals surface area contributed by atoms with Crippen molar-refractivity contribution in [3.05, 3.63) is 30.6 Å². The first-order chi connectivity index (χ1) is 12.3. The van der Waals surface area contributed by atoms with Crippen LogP contribution in [0.3, 0.4) is 0 Å². The molecule has 2 bridgehead atoms. The zero-order valence-electron chi connectivity index (χ0n) is 14.6. The molecule has 2 saturated carbocycles. The summed E-state index contributed by atoms with van der Waals surface area (Å²) in [6.07, 6.45) is 3.17. The van der Waals surface area contributed by atoms with Crippen molar-refractivity contribution in [1.82, 2.24) is 20.2 Å². The van der Waals surface area contributed by atoms with Gasteiger partial charge in [0.1, 0.15) is 17.9 Å². The van der Waals surface area contributed by atoms with Crippen LogP contribution in [0.1, 0.15) is 26.7 Å². The van der Waals surface area contributed by atoms with Gasteiger partial charge in [-0.2, -0.15) is 8.42 Å². The van der Waals surface area contributed by atoms with E-state index in [0.717, 1.165) is 12.8 Å². The van der Waals surface area contributed by atoms with Crippen molar-refractivity contribution in [2.45, 2.75) is 26.7 Å². The molecule has 9 heteroatoms. The van der Waals surface area contributed by atoms with Gasteiger partial charge < -0.3 is 4.18 Å². The molecule has 2 aliphatic rings. The van der Waals surface area contributed by atoms with Gasteiger partial charge in [-0.3, -0.25) is 4.79 Å². The number of Topliss-reactive ketones (excluding diaryl/α,β-unsaturated/α-hetero) is 1. The summed E-state index contributed by atoms with van der Waals surface area (Å²) in [6, 6.07) is 6.49. The molecule has 4 rings (SSSR count). The SMILES string of the molecule is CC1(C)[C@@H]2CC[C@H]1[C@@H](CS(=O)(=O)Oc1cccc(-n3cnnn3)c1)C2=O. The predicted octanol–water partition coefficient (Wildman–Crippen LogP) is 1.62. The van der Waals surface area contributed by atoms with Gasteiger partial charge in [-0.1, -0.05) is 19.9 Å².